The second kappa shape index (κ2) is 4.74. The second-order valence-electron chi connectivity index (χ2n) is 6.74. The van der Waals surface area contributed by atoms with Gasteiger partial charge in [-0.1, -0.05) is 6.92 Å². The van der Waals surface area contributed by atoms with Crippen LogP contribution in [-0.4, -0.2) is 48.7 Å². The Morgan fingerprint density at radius 3 is 2.47 bits per heavy atom. The summed E-state index contributed by atoms with van der Waals surface area (Å²) in [6, 6.07) is 0.378. The maximum absolute atomic E-state index is 12.9. The van der Waals surface area contributed by atoms with Crippen molar-refractivity contribution in [1.29, 1.82) is 0 Å². The fourth-order valence-corrected chi connectivity index (χ4v) is 4.34. The smallest absolute Gasteiger partial charge is 0.228 e. The topological polar surface area (TPSA) is 41.6 Å². The quantitative estimate of drug-likeness (QED) is 0.773. The molecule has 3 aliphatic rings. The summed E-state index contributed by atoms with van der Waals surface area (Å²) >= 11 is 0. The number of carbonyl (C=O) groups is 1. The van der Waals surface area contributed by atoms with Crippen molar-refractivity contribution in [1.82, 2.24) is 10.2 Å². The maximum atomic E-state index is 12.9. The van der Waals surface area contributed by atoms with E-state index in [4.69, 9.17) is 4.74 Å². The summed E-state index contributed by atoms with van der Waals surface area (Å²) in [6.45, 7) is 11.6. The zero-order valence-electron chi connectivity index (χ0n) is 12.4. The average molecular weight is 266 g/mol. The van der Waals surface area contributed by atoms with Crippen LogP contribution in [0.15, 0.2) is 0 Å². The van der Waals surface area contributed by atoms with E-state index in [9.17, 15) is 4.79 Å². The highest BCUT2D eigenvalue weighted by Crippen LogP contribution is 2.38. The Hall–Kier alpha value is -0.610. The van der Waals surface area contributed by atoms with Crippen molar-refractivity contribution < 1.29 is 9.53 Å². The van der Waals surface area contributed by atoms with Gasteiger partial charge in [0, 0.05) is 25.7 Å². The normalized spacial score (nSPS) is 49.7. The van der Waals surface area contributed by atoms with Crippen LogP contribution in [-0.2, 0) is 9.53 Å². The van der Waals surface area contributed by atoms with Crippen molar-refractivity contribution >= 4 is 5.91 Å². The van der Waals surface area contributed by atoms with E-state index in [1.807, 2.05) is 6.92 Å². The predicted octanol–water partition coefficient (Wildman–Crippen LogP) is 1.11. The standard InChI is InChI=1S/C15H26N2O2/c1-8-10(3)19-11(4)14(8)15(18)17-7-12-5-16-6-13(12)9(17)2/h8-14,16H,5-7H2,1-4H3. The highest BCUT2D eigenvalue weighted by Gasteiger charge is 2.49. The van der Waals surface area contributed by atoms with Gasteiger partial charge < -0.3 is 15.0 Å². The summed E-state index contributed by atoms with van der Waals surface area (Å²) in [5.74, 6) is 2.00. The third-order valence-corrected chi connectivity index (χ3v) is 5.74. The first-order valence-corrected chi connectivity index (χ1v) is 7.67. The van der Waals surface area contributed by atoms with E-state index in [1.165, 1.54) is 0 Å². The number of fused-ring (bicyclic) bond motifs is 1. The van der Waals surface area contributed by atoms with E-state index in [2.05, 4.69) is 31.0 Å². The lowest BCUT2D eigenvalue weighted by molar-refractivity contribution is -0.138. The molecule has 0 spiro atoms. The van der Waals surface area contributed by atoms with Crippen molar-refractivity contribution in [3.8, 4) is 0 Å². The number of rotatable bonds is 1. The van der Waals surface area contributed by atoms with Crippen molar-refractivity contribution in [2.24, 2.45) is 23.7 Å². The van der Waals surface area contributed by atoms with Gasteiger partial charge in [-0.15, -0.1) is 0 Å². The molecule has 0 aromatic rings. The molecule has 7 atom stereocenters. The lowest BCUT2D eigenvalue weighted by Crippen LogP contribution is -2.44. The lowest BCUT2D eigenvalue weighted by atomic mass is 9.88. The van der Waals surface area contributed by atoms with Crippen molar-refractivity contribution in [3.63, 3.8) is 0 Å². The number of nitrogens with zero attached hydrogens (tertiary/aromatic N) is 1. The minimum atomic E-state index is 0.0456. The van der Waals surface area contributed by atoms with Crippen molar-refractivity contribution in [2.75, 3.05) is 19.6 Å². The molecule has 3 rings (SSSR count). The highest BCUT2D eigenvalue weighted by molar-refractivity contribution is 5.80. The molecule has 7 unspecified atom stereocenters. The minimum Gasteiger partial charge on any atom is -0.374 e. The molecule has 0 saturated carbocycles. The Labute approximate surface area is 115 Å². The van der Waals surface area contributed by atoms with Crippen LogP contribution in [0.3, 0.4) is 0 Å². The molecule has 3 heterocycles. The number of nitrogens with one attached hydrogen (secondary N) is 1. The average Bonchev–Trinajstić information content (AvgIpc) is 2.98. The molecule has 4 heteroatoms. The first kappa shape index (κ1) is 13.4. The van der Waals surface area contributed by atoms with Gasteiger partial charge >= 0.3 is 0 Å². The van der Waals surface area contributed by atoms with Gasteiger partial charge in [0.1, 0.15) is 0 Å². The van der Waals surface area contributed by atoms with E-state index < -0.39 is 0 Å². The van der Waals surface area contributed by atoms with Crippen LogP contribution in [0.2, 0.25) is 0 Å². The van der Waals surface area contributed by atoms with E-state index in [0.717, 1.165) is 19.6 Å². The Morgan fingerprint density at radius 1 is 1.16 bits per heavy atom. The molecule has 1 amide bonds. The SMILES string of the molecule is CC1OC(C)C(C(=O)N2CC3CNCC3C2C)C1C. The Bertz CT molecular complexity index is 373. The molecule has 0 aromatic carbocycles. The Balaban J connectivity index is 1.74. The number of likely N-dealkylation sites (tertiary alicyclic amines) is 1. The summed E-state index contributed by atoms with van der Waals surface area (Å²) in [7, 11) is 0. The molecule has 0 aliphatic carbocycles. The van der Waals surface area contributed by atoms with Gasteiger partial charge in [0.05, 0.1) is 18.1 Å². The third kappa shape index (κ3) is 2.00. The van der Waals surface area contributed by atoms with Crippen LogP contribution in [0.1, 0.15) is 27.7 Å². The molecule has 1 N–H and O–H groups in total. The molecule has 3 saturated heterocycles. The molecule has 3 fully saturated rings. The Morgan fingerprint density at radius 2 is 1.89 bits per heavy atom. The van der Waals surface area contributed by atoms with Gasteiger partial charge in [0.15, 0.2) is 0 Å². The third-order valence-electron chi connectivity index (χ3n) is 5.74. The van der Waals surface area contributed by atoms with Crippen LogP contribution in [0, 0.1) is 23.7 Å². The monoisotopic (exact) mass is 266 g/mol. The molecule has 0 radical (unpaired) electrons. The van der Waals surface area contributed by atoms with Crippen molar-refractivity contribution in [2.45, 2.75) is 45.9 Å². The molecule has 108 valence electrons. The molecule has 19 heavy (non-hydrogen) atoms. The summed E-state index contributed by atoms with van der Waals surface area (Å²) in [4.78, 5) is 15.0. The fourth-order valence-electron chi connectivity index (χ4n) is 4.34. The largest absolute Gasteiger partial charge is 0.374 e. The van der Waals surface area contributed by atoms with E-state index in [0.29, 0.717) is 29.7 Å². The van der Waals surface area contributed by atoms with Gasteiger partial charge in [-0.05, 0) is 38.5 Å². The zero-order valence-corrected chi connectivity index (χ0v) is 12.4. The molecular formula is C15H26N2O2. The summed E-state index contributed by atoms with van der Waals surface area (Å²) in [6.07, 6.45) is 0.256. The molecule has 3 aliphatic heterocycles. The number of ether oxygens (including phenoxy) is 1. The predicted molar refractivity (Wildman–Crippen MR) is 73.7 cm³/mol. The molecule has 0 aromatic heterocycles. The van der Waals surface area contributed by atoms with E-state index >= 15 is 0 Å². The molecular weight excluding hydrogens is 240 g/mol. The molecule has 0 bridgehead atoms. The fraction of sp³-hybridized carbons (Fsp3) is 0.933. The van der Waals surface area contributed by atoms with E-state index in [-0.39, 0.29) is 18.1 Å². The first-order chi connectivity index (χ1) is 9.00. The molecule has 4 nitrogen and oxygen atoms in total. The van der Waals surface area contributed by atoms with Gasteiger partial charge in [0.2, 0.25) is 5.91 Å². The number of amides is 1. The second-order valence-corrected chi connectivity index (χ2v) is 6.74. The maximum Gasteiger partial charge on any atom is 0.228 e. The van der Waals surface area contributed by atoms with Gasteiger partial charge in [-0.3, -0.25) is 4.79 Å². The zero-order chi connectivity index (χ0) is 13.7. The summed E-state index contributed by atoms with van der Waals surface area (Å²) in [5, 5.41) is 3.45. The van der Waals surface area contributed by atoms with Gasteiger partial charge in [0.25, 0.3) is 0 Å². The van der Waals surface area contributed by atoms with Crippen LogP contribution in [0.25, 0.3) is 0 Å². The first-order valence-electron chi connectivity index (χ1n) is 7.67. The summed E-state index contributed by atoms with van der Waals surface area (Å²) in [5.41, 5.74) is 0. The van der Waals surface area contributed by atoms with Gasteiger partial charge in [-0.25, -0.2) is 0 Å². The van der Waals surface area contributed by atoms with Crippen LogP contribution >= 0.6 is 0 Å². The number of carbonyl (C=O) groups excluding carboxylic acids is 1. The van der Waals surface area contributed by atoms with Crippen LogP contribution in [0.4, 0.5) is 0 Å². The van der Waals surface area contributed by atoms with E-state index in [1.54, 1.807) is 0 Å². The number of hydrogen-bond acceptors (Lipinski definition) is 3. The highest BCUT2D eigenvalue weighted by atomic mass is 16.5. The lowest BCUT2D eigenvalue weighted by Gasteiger charge is -2.29. The van der Waals surface area contributed by atoms with Crippen molar-refractivity contribution in [3.05, 3.63) is 0 Å². The Kier molecular flexibility index (Phi) is 3.34. The minimum absolute atomic E-state index is 0.0456. The number of hydrogen-bond donors (Lipinski definition) is 1. The van der Waals surface area contributed by atoms with Gasteiger partial charge in [-0.2, -0.15) is 0 Å². The summed E-state index contributed by atoms with van der Waals surface area (Å²) < 4.78 is 5.84. The van der Waals surface area contributed by atoms with Crippen LogP contribution in [0.5, 0.6) is 0 Å². The van der Waals surface area contributed by atoms with Crippen LogP contribution < -0.4 is 5.32 Å².